The van der Waals surface area contributed by atoms with Crippen molar-refractivity contribution in [3.63, 3.8) is 0 Å². The van der Waals surface area contributed by atoms with Crippen LogP contribution in [-0.4, -0.2) is 48.4 Å². The molecule has 1 amide bonds. The zero-order chi connectivity index (χ0) is 13.9. The summed E-state index contributed by atoms with van der Waals surface area (Å²) in [5.41, 5.74) is 0.959. The quantitative estimate of drug-likeness (QED) is 0.813. The maximum Gasteiger partial charge on any atom is 0.227 e. The first-order valence-corrected chi connectivity index (χ1v) is 6.82. The van der Waals surface area contributed by atoms with E-state index in [4.69, 9.17) is 0 Å². The van der Waals surface area contributed by atoms with Crippen molar-refractivity contribution >= 4 is 5.91 Å². The van der Waals surface area contributed by atoms with Crippen LogP contribution in [0, 0.1) is 0 Å². The molecule has 7 nitrogen and oxygen atoms in total. The van der Waals surface area contributed by atoms with Crippen LogP contribution >= 0.6 is 0 Å². The third kappa shape index (κ3) is 2.71. The summed E-state index contributed by atoms with van der Waals surface area (Å²) in [6.07, 6.45) is 9.35. The minimum Gasteiger partial charge on any atom is -0.340 e. The molecular weight excluding hydrogens is 256 g/mol. The van der Waals surface area contributed by atoms with E-state index in [2.05, 4.69) is 15.2 Å². The van der Waals surface area contributed by atoms with E-state index in [1.54, 1.807) is 17.2 Å². The number of carbonyl (C=O) groups excluding carboxylic acids is 1. The van der Waals surface area contributed by atoms with E-state index in [1.165, 1.54) is 6.33 Å². The topological polar surface area (TPSA) is 68.8 Å². The Kier molecular flexibility index (Phi) is 3.49. The smallest absolute Gasteiger partial charge is 0.227 e. The third-order valence-electron chi connectivity index (χ3n) is 3.67. The molecule has 106 valence electrons. The van der Waals surface area contributed by atoms with Gasteiger partial charge < -0.3 is 4.90 Å². The van der Waals surface area contributed by atoms with Crippen LogP contribution in [-0.2, 0) is 18.3 Å². The molecule has 0 aliphatic carbocycles. The van der Waals surface area contributed by atoms with Gasteiger partial charge in [0.05, 0.1) is 18.7 Å². The molecule has 1 aliphatic rings. The molecule has 0 N–H and O–H groups in total. The van der Waals surface area contributed by atoms with Crippen LogP contribution < -0.4 is 0 Å². The number of amides is 1. The van der Waals surface area contributed by atoms with E-state index in [0.29, 0.717) is 13.0 Å². The summed E-state index contributed by atoms with van der Waals surface area (Å²) in [4.78, 5) is 18.2. The first kappa shape index (κ1) is 12.8. The number of aryl methyl sites for hydroxylation is 1. The van der Waals surface area contributed by atoms with Gasteiger partial charge in [0.25, 0.3) is 0 Å². The van der Waals surface area contributed by atoms with Gasteiger partial charge in [-0.15, -0.1) is 0 Å². The summed E-state index contributed by atoms with van der Waals surface area (Å²) in [5.74, 6) is 0.155. The van der Waals surface area contributed by atoms with Crippen molar-refractivity contribution in [2.45, 2.75) is 25.3 Å². The second kappa shape index (κ2) is 5.44. The number of hydrogen-bond acceptors (Lipinski definition) is 4. The molecule has 1 atom stereocenters. The van der Waals surface area contributed by atoms with Crippen molar-refractivity contribution < 1.29 is 4.79 Å². The first-order valence-electron chi connectivity index (χ1n) is 6.82. The van der Waals surface area contributed by atoms with Crippen molar-refractivity contribution in [3.05, 3.63) is 30.6 Å². The lowest BCUT2D eigenvalue weighted by atomic mass is 10.1. The third-order valence-corrected chi connectivity index (χ3v) is 3.67. The van der Waals surface area contributed by atoms with Crippen molar-refractivity contribution in [3.8, 4) is 0 Å². The number of piperidine rings is 1. The van der Waals surface area contributed by atoms with Crippen LogP contribution in [0.25, 0.3) is 0 Å². The normalized spacial score (nSPS) is 19.2. The SMILES string of the molecule is Cn1cc(CC(=O)N2CCCC(n3cncn3)C2)cn1. The molecule has 3 rings (SSSR count). The number of aromatic nitrogens is 5. The van der Waals surface area contributed by atoms with Gasteiger partial charge in [0.15, 0.2) is 0 Å². The highest BCUT2D eigenvalue weighted by Gasteiger charge is 2.25. The molecule has 1 fully saturated rings. The van der Waals surface area contributed by atoms with Crippen molar-refractivity contribution in [2.75, 3.05) is 13.1 Å². The van der Waals surface area contributed by atoms with Gasteiger partial charge in [-0.3, -0.25) is 9.48 Å². The van der Waals surface area contributed by atoms with Gasteiger partial charge in [-0.25, -0.2) is 9.67 Å². The molecule has 0 bridgehead atoms. The Morgan fingerprint density at radius 1 is 1.45 bits per heavy atom. The van der Waals surface area contributed by atoms with Gasteiger partial charge in [0.1, 0.15) is 12.7 Å². The van der Waals surface area contributed by atoms with Gasteiger partial charge in [0, 0.05) is 26.3 Å². The van der Waals surface area contributed by atoms with Crippen LogP contribution in [0.3, 0.4) is 0 Å². The fraction of sp³-hybridized carbons (Fsp3) is 0.538. The monoisotopic (exact) mass is 274 g/mol. The molecular formula is C13H18N6O. The fourth-order valence-electron chi connectivity index (χ4n) is 2.65. The Morgan fingerprint density at radius 2 is 2.35 bits per heavy atom. The van der Waals surface area contributed by atoms with Gasteiger partial charge in [-0.1, -0.05) is 0 Å². The molecule has 0 saturated carbocycles. The Balaban J connectivity index is 1.63. The summed E-state index contributed by atoms with van der Waals surface area (Å²) >= 11 is 0. The number of hydrogen-bond donors (Lipinski definition) is 0. The molecule has 1 aliphatic heterocycles. The van der Waals surface area contributed by atoms with Crippen LogP contribution in [0.1, 0.15) is 24.4 Å². The zero-order valence-electron chi connectivity index (χ0n) is 11.5. The minimum atomic E-state index is 0.155. The number of carbonyl (C=O) groups is 1. The molecule has 20 heavy (non-hydrogen) atoms. The van der Waals surface area contributed by atoms with Gasteiger partial charge in [0.2, 0.25) is 5.91 Å². The van der Waals surface area contributed by atoms with Crippen molar-refractivity contribution in [2.24, 2.45) is 7.05 Å². The van der Waals surface area contributed by atoms with Gasteiger partial charge in [-0.05, 0) is 18.4 Å². The molecule has 3 heterocycles. The van der Waals surface area contributed by atoms with Crippen LogP contribution in [0.2, 0.25) is 0 Å². The summed E-state index contributed by atoms with van der Waals surface area (Å²) in [5, 5.41) is 8.27. The Labute approximate surface area is 117 Å². The summed E-state index contributed by atoms with van der Waals surface area (Å²) in [6, 6.07) is 0.240. The highest BCUT2D eigenvalue weighted by Crippen LogP contribution is 2.20. The van der Waals surface area contributed by atoms with Gasteiger partial charge >= 0.3 is 0 Å². The van der Waals surface area contributed by atoms with Crippen LogP contribution in [0.5, 0.6) is 0 Å². The molecule has 0 radical (unpaired) electrons. The maximum absolute atomic E-state index is 12.3. The first-order chi connectivity index (χ1) is 9.72. The van der Waals surface area contributed by atoms with Crippen LogP contribution in [0.4, 0.5) is 0 Å². The van der Waals surface area contributed by atoms with E-state index in [-0.39, 0.29) is 11.9 Å². The Bertz CT molecular complexity index is 575. The lowest BCUT2D eigenvalue weighted by Crippen LogP contribution is -2.41. The second-order valence-corrected chi connectivity index (χ2v) is 5.21. The molecule has 7 heteroatoms. The predicted octanol–water partition coefficient (Wildman–Crippen LogP) is 0.418. The van der Waals surface area contributed by atoms with E-state index < -0.39 is 0 Å². The molecule has 0 aromatic carbocycles. The summed E-state index contributed by atoms with van der Waals surface area (Å²) < 4.78 is 3.57. The predicted molar refractivity (Wildman–Crippen MR) is 71.8 cm³/mol. The maximum atomic E-state index is 12.3. The van der Waals surface area contributed by atoms with Gasteiger partial charge in [-0.2, -0.15) is 10.2 Å². The lowest BCUT2D eigenvalue weighted by Gasteiger charge is -2.32. The summed E-state index contributed by atoms with van der Waals surface area (Å²) in [7, 11) is 1.86. The largest absolute Gasteiger partial charge is 0.340 e. The molecule has 2 aromatic heterocycles. The van der Waals surface area contributed by atoms with E-state index >= 15 is 0 Å². The number of rotatable bonds is 3. The minimum absolute atomic E-state index is 0.155. The van der Waals surface area contributed by atoms with Crippen molar-refractivity contribution in [1.82, 2.24) is 29.4 Å². The second-order valence-electron chi connectivity index (χ2n) is 5.21. The van der Waals surface area contributed by atoms with E-state index in [0.717, 1.165) is 24.9 Å². The molecule has 1 saturated heterocycles. The Hall–Kier alpha value is -2.18. The average Bonchev–Trinajstić information content (AvgIpc) is 3.11. The standard InChI is InChI=1S/C13H18N6O/c1-17-7-11(6-15-17)5-13(20)18-4-2-3-12(8-18)19-10-14-9-16-19/h6-7,9-10,12H,2-5,8H2,1H3. The van der Waals surface area contributed by atoms with E-state index in [1.807, 2.05) is 22.8 Å². The van der Waals surface area contributed by atoms with Crippen LogP contribution in [0.15, 0.2) is 25.0 Å². The molecule has 0 spiro atoms. The average molecular weight is 274 g/mol. The number of likely N-dealkylation sites (tertiary alicyclic amines) is 1. The number of nitrogens with zero attached hydrogens (tertiary/aromatic N) is 6. The zero-order valence-corrected chi connectivity index (χ0v) is 11.5. The summed E-state index contributed by atoms with van der Waals surface area (Å²) in [6.45, 7) is 1.53. The lowest BCUT2D eigenvalue weighted by molar-refractivity contribution is -0.132. The Morgan fingerprint density at radius 3 is 3.05 bits per heavy atom. The highest BCUT2D eigenvalue weighted by molar-refractivity contribution is 5.78. The van der Waals surface area contributed by atoms with E-state index in [9.17, 15) is 4.79 Å². The fourth-order valence-corrected chi connectivity index (χ4v) is 2.65. The highest BCUT2D eigenvalue weighted by atomic mass is 16.2. The molecule has 1 unspecified atom stereocenters. The molecule has 2 aromatic rings. The van der Waals surface area contributed by atoms with Crippen molar-refractivity contribution in [1.29, 1.82) is 0 Å².